The number of hydrogen-bond acceptors (Lipinski definition) is 6. The zero-order valence-corrected chi connectivity index (χ0v) is 15.0. The Morgan fingerprint density at radius 3 is 2.76 bits per heavy atom. The zero-order chi connectivity index (χ0) is 15.4. The largest absolute Gasteiger partial charge is 0.481 e. The first-order valence-electron chi connectivity index (χ1n) is 5.40. The molecule has 0 aliphatic rings. The summed E-state index contributed by atoms with van der Waals surface area (Å²) in [5.74, 6) is -1.35. The highest BCUT2D eigenvalue weighted by molar-refractivity contribution is 9.11. The van der Waals surface area contributed by atoms with Gasteiger partial charge in [-0.15, -0.1) is 10.2 Å². The molecule has 110 valence electrons. The average Bonchev–Trinajstić information content (AvgIpc) is 2.83. The molecule has 0 bridgehead atoms. The topological polar surface area (TPSA) is 92.2 Å². The van der Waals surface area contributed by atoms with Gasteiger partial charge in [-0.3, -0.25) is 14.9 Å². The normalized spacial score (nSPS) is 10.4. The summed E-state index contributed by atoms with van der Waals surface area (Å²) in [7, 11) is 0. The molecule has 1 aromatic heterocycles. The fraction of sp³-hybridized carbons (Fsp3) is 0.0909. The van der Waals surface area contributed by atoms with E-state index in [4.69, 9.17) is 5.11 Å². The van der Waals surface area contributed by atoms with Crippen LogP contribution in [0.3, 0.4) is 0 Å². The monoisotopic (exact) mass is 451 g/mol. The minimum atomic E-state index is -0.931. The van der Waals surface area contributed by atoms with E-state index in [9.17, 15) is 9.59 Å². The number of carboxylic acids is 1. The number of nitrogens with zero attached hydrogens (tertiary/aromatic N) is 2. The standard InChI is InChI=1S/C11H7Br2N3O3S2/c12-5-1-2-6(7(13)3-5)9(19)14-10-15-16-11(21-10)20-4-8(17)18/h1-3H,4H2,(H,17,18)(H,14,15,19). The van der Waals surface area contributed by atoms with Crippen molar-refractivity contribution >= 4 is 72.0 Å². The van der Waals surface area contributed by atoms with E-state index >= 15 is 0 Å². The lowest BCUT2D eigenvalue weighted by atomic mass is 10.2. The Bertz CT molecular complexity index is 693. The molecule has 1 amide bonds. The van der Waals surface area contributed by atoms with Crippen molar-refractivity contribution in [1.82, 2.24) is 10.2 Å². The molecule has 0 spiro atoms. The zero-order valence-electron chi connectivity index (χ0n) is 10.2. The van der Waals surface area contributed by atoms with Crippen LogP contribution >= 0.6 is 55.0 Å². The third-order valence-electron chi connectivity index (χ3n) is 2.12. The molecule has 0 fully saturated rings. The molecule has 10 heteroatoms. The smallest absolute Gasteiger partial charge is 0.313 e. The molecule has 0 aliphatic heterocycles. The molecule has 2 rings (SSSR count). The summed E-state index contributed by atoms with van der Waals surface area (Å²) in [5.41, 5.74) is 0.466. The highest BCUT2D eigenvalue weighted by Crippen LogP contribution is 2.27. The number of aliphatic carboxylic acids is 1. The maximum atomic E-state index is 12.1. The van der Waals surface area contributed by atoms with Crippen molar-refractivity contribution in [2.75, 3.05) is 11.1 Å². The molecule has 6 nitrogen and oxygen atoms in total. The first-order chi connectivity index (χ1) is 9.95. The summed E-state index contributed by atoms with van der Waals surface area (Å²) in [4.78, 5) is 22.6. The lowest BCUT2D eigenvalue weighted by Gasteiger charge is -2.04. The van der Waals surface area contributed by atoms with Gasteiger partial charge in [0.1, 0.15) is 0 Å². The van der Waals surface area contributed by atoms with E-state index in [0.717, 1.165) is 27.6 Å². The number of hydrogen-bond donors (Lipinski definition) is 2. The predicted molar refractivity (Wildman–Crippen MR) is 88.1 cm³/mol. The average molecular weight is 453 g/mol. The second-order valence-corrected chi connectivity index (χ2v) is 7.60. The van der Waals surface area contributed by atoms with Crippen LogP contribution in [0, 0.1) is 0 Å². The number of rotatable bonds is 5. The number of aromatic nitrogens is 2. The SMILES string of the molecule is O=C(O)CSc1nnc(NC(=O)c2ccc(Br)cc2Br)s1. The molecule has 0 aliphatic carbocycles. The Hall–Kier alpha value is -0.970. The second kappa shape index (κ2) is 7.34. The molecule has 0 saturated carbocycles. The van der Waals surface area contributed by atoms with Crippen LogP contribution in [0.2, 0.25) is 0 Å². The number of amides is 1. The summed E-state index contributed by atoms with van der Waals surface area (Å²) < 4.78 is 2.00. The van der Waals surface area contributed by atoms with Crippen LogP contribution in [0.25, 0.3) is 0 Å². The lowest BCUT2D eigenvalue weighted by Crippen LogP contribution is -2.12. The van der Waals surface area contributed by atoms with Crippen LogP contribution in [0.4, 0.5) is 5.13 Å². The van der Waals surface area contributed by atoms with Gasteiger partial charge in [0.05, 0.1) is 11.3 Å². The summed E-state index contributed by atoms with van der Waals surface area (Å²) in [5, 5.41) is 19.1. The summed E-state index contributed by atoms with van der Waals surface area (Å²) in [6.07, 6.45) is 0. The van der Waals surface area contributed by atoms with Crippen LogP contribution in [0.15, 0.2) is 31.5 Å². The van der Waals surface area contributed by atoms with Crippen molar-refractivity contribution in [3.63, 3.8) is 0 Å². The highest BCUT2D eigenvalue weighted by atomic mass is 79.9. The minimum absolute atomic E-state index is 0.0964. The van der Waals surface area contributed by atoms with Crippen LogP contribution in [0.1, 0.15) is 10.4 Å². The quantitative estimate of drug-likeness (QED) is 0.532. The number of halogens is 2. The van der Waals surface area contributed by atoms with Gasteiger partial charge in [-0.25, -0.2) is 0 Å². The van der Waals surface area contributed by atoms with E-state index in [0.29, 0.717) is 19.5 Å². The van der Waals surface area contributed by atoms with Crippen LogP contribution in [0.5, 0.6) is 0 Å². The van der Waals surface area contributed by atoms with E-state index < -0.39 is 5.97 Å². The van der Waals surface area contributed by atoms with Crippen molar-refractivity contribution in [2.24, 2.45) is 0 Å². The van der Waals surface area contributed by atoms with E-state index in [1.807, 2.05) is 0 Å². The van der Waals surface area contributed by atoms with Crippen molar-refractivity contribution in [3.05, 3.63) is 32.7 Å². The van der Waals surface area contributed by atoms with Gasteiger partial charge in [0.2, 0.25) is 5.13 Å². The number of carboxylic acid groups (broad SMARTS) is 1. The Kier molecular flexibility index (Phi) is 5.73. The Balaban J connectivity index is 2.04. The molecule has 21 heavy (non-hydrogen) atoms. The van der Waals surface area contributed by atoms with Gasteiger partial charge in [0, 0.05) is 8.95 Å². The van der Waals surface area contributed by atoms with Gasteiger partial charge in [-0.1, -0.05) is 39.0 Å². The summed E-state index contributed by atoms with van der Waals surface area (Å²) in [6, 6.07) is 5.20. The predicted octanol–water partition coefficient (Wildman–Crippen LogP) is 3.49. The van der Waals surface area contributed by atoms with Crippen molar-refractivity contribution in [2.45, 2.75) is 4.34 Å². The molecule has 2 aromatic rings. The van der Waals surface area contributed by atoms with Gasteiger partial charge in [0.15, 0.2) is 4.34 Å². The van der Waals surface area contributed by atoms with Gasteiger partial charge >= 0.3 is 5.97 Å². The van der Waals surface area contributed by atoms with Gasteiger partial charge in [0.25, 0.3) is 5.91 Å². The number of thioether (sulfide) groups is 1. The third kappa shape index (κ3) is 4.77. The van der Waals surface area contributed by atoms with E-state index in [1.165, 1.54) is 0 Å². The minimum Gasteiger partial charge on any atom is -0.481 e. The van der Waals surface area contributed by atoms with Crippen molar-refractivity contribution in [3.8, 4) is 0 Å². The van der Waals surface area contributed by atoms with E-state index in [2.05, 4.69) is 47.4 Å². The van der Waals surface area contributed by atoms with Crippen molar-refractivity contribution in [1.29, 1.82) is 0 Å². The van der Waals surface area contributed by atoms with Gasteiger partial charge < -0.3 is 5.11 Å². The number of nitrogens with one attached hydrogen (secondary N) is 1. The molecular weight excluding hydrogens is 446 g/mol. The van der Waals surface area contributed by atoms with E-state index in [1.54, 1.807) is 18.2 Å². The second-order valence-electron chi connectivity index (χ2n) is 3.63. The number of anilines is 1. The molecule has 1 aromatic carbocycles. The third-order valence-corrected chi connectivity index (χ3v) is 5.23. The number of carbonyl (C=O) groups is 2. The Morgan fingerprint density at radius 1 is 1.33 bits per heavy atom. The van der Waals surface area contributed by atoms with E-state index in [-0.39, 0.29) is 11.7 Å². The summed E-state index contributed by atoms with van der Waals surface area (Å²) >= 11 is 8.81. The first-order valence-corrected chi connectivity index (χ1v) is 8.79. The van der Waals surface area contributed by atoms with Gasteiger partial charge in [-0.05, 0) is 34.1 Å². The first kappa shape index (κ1) is 16.4. The van der Waals surface area contributed by atoms with Gasteiger partial charge in [-0.2, -0.15) is 0 Å². The molecule has 2 N–H and O–H groups in total. The lowest BCUT2D eigenvalue weighted by molar-refractivity contribution is -0.133. The van der Waals surface area contributed by atoms with Crippen LogP contribution < -0.4 is 5.32 Å². The fourth-order valence-corrected chi connectivity index (χ4v) is 3.97. The van der Waals surface area contributed by atoms with Crippen LogP contribution in [-0.4, -0.2) is 32.9 Å². The van der Waals surface area contributed by atoms with Crippen LogP contribution in [-0.2, 0) is 4.79 Å². The summed E-state index contributed by atoms with van der Waals surface area (Å²) in [6.45, 7) is 0. The maximum absolute atomic E-state index is 12.1. The number of carbonyl (C=O) groups excluding carboxylic acids is 1. The molecule has 0 unspecified atom stereocenters. The molecule has 0 radical (unpaired) electrons. The highest BCUT2D eigenvalue weighted by Gasteiger charge is 2.14. The fourth-order valence-electron chi connectivity index (χ4n) is 1.28. The van der Waals surface area contributed by atoms with Crippen molar-refractivity contribution < 1.29 is 14.7 Å². The molecule has 0 atom stereocenters. The molecular formula is C11H7Br2N3O3S2. The molecule has 1 heterocycles. The maximum Gasteiger partial charge on any atom is 0.313 e. The Morgan fingerprint density at radius 2 is 2.10 bits per heavy atom. The number of benzene rings is 1. The Labute approximate surface area is 144 Å². The molecule has 0 saturated heterocycles.